The van der Waals surface area contributed by atoms with Gasteiger partial charge in [0.25, 0.3) is 0 Å². The lowest BCUT2D eigenvalue weighted by Crippen LogP contribution is -2.23. The van der Waals surface area contributed by atoms with E-state index in [1.165, 1.54) is 18.2 Å². The molecular formula is C19H20FNO2. The lowest BCUT2D eigenvalue weighted by atomic mass is 10.1. The summed E-state index contributed by atoms with van der Waals surface area (Å²) in [5.74, 6) is 0.300. The van der Waals surface area contributed by atoms with Gasteiger partial charge >= 0.3 is 0 Å². The number of aryl methyl sites for hydroxylation is 1. The molecule has 0 radical (unpaired) electrons. The number of hydrogen-bond acceptors (Lipinski definition) is 2. The topological polar surface area (TPSA) is 38.3 Å². The molecule has 4 heteroatoms. The van der Waals surface area contributed by atoms with Crippen molar-refractivity contribution in [2.24, 2.45) is 0 Å². The Bertz CT molecular complexity index is 693. The van der Waals surface area contributed by atoms with E-state index in [1.54, 1.807) is 25.3 Å². The van der Waals surface area contributed by atoms with Gasteiger partial charge in [-0.3, -0.25) is 4.79 Å². The monoisotopic (exact) mass is 313 g/mol. The van der Waals surface area contributed by atoms with Crippen molar-refractivity contribution in [3.63, 3.8) is 0 Å². The highest BCUT2D eigenvalue weighted by Crippen LogP contribution is 2.20. The Morgan fingerprint density at radius 3 is 2.65 bits per heavy atom. The third-order valence-corrected chi connectivity index (χ3v) is 3.43. The van der Waals surface area contributed by atoms with Gasteiger partial charge in [-0.25, -0.2) is 4.39 Å². The van der Waals surface area contributed by atoms with Crippen LogP contribution in [0.4, 0.5) is 4.39 Å². The van der Waals surface area contributed by atoms with Crippen LogP contribution in [-0.4, -0.2) is 19.6 Å². The molecule has 1 amide bonds. The molecule has 2 rings (SSSR count). The van der Waals surface area contributed by atoms with E-state index < -0.39 is 0 Å². The Morgan fingerprint density at radius 1 is 1.22 bits per heavy atom. The minimum Gasteiger partial charge on any atom is -0.496 e. The molecule has 2 aromatic rings. The molecule has 0 aliphatic carbocycles. The van der Waals surface area contributed by atoms with E-state index in [1.807, 2.05) is 25.1 Å². The summed E-state index contributed by atoms with van der Waals surface area (Å²) in [5, 5.41) is 2.81. The molecule has 0 saturated carbocycles. The van der Waals surface area contributed by atoms with Gasteiger partial charge in [-0.1, -0.05) is 23.8 Å². The SMILES string of the molecule is COc1ccc(C)cc1/C=C/C(=O)NCCc1ccc(F)cc1. The summed E-state index contributed by atoms with van der Waals surface area (Å²) in [6, 6.07) is 12.1. The smallest absolute Gasteiger partial charge is 0.244 e. The summed E-state index contributed by atoms with van der Waals surface area (Å²) in [5.41, 5.74) is 2.94. The summed E-state index contributed by atoms with van der Waals surface area (Å²) in [7, 11) is 1.60. The van der Waals surface area contributed by atoms with Gasteiger partial charge < -0.3 is 10.1 Å². The van der Waals surface area contributed by atoms with Gasteiger partial charge in [-0.2, -0.15) is 0 Å². The first-order valence-electron chi connectivity index (χ1n) is 7.43. The maximum absolute atomic E-state index is 12.8. The average Bonchev–Trinajstić information content (AvgIpc) is 2.55. The first-order valence-corrected chi connectivity index (χ1v) is 7.43. The summed E-state index contributed by atoms with van der Waals surface area (Å²) in [4.78, 5) is 11.8. The fraction of sp³-hybridized carbons (Fsp3) is 0.211. The Morgan fingerprint density at radius 2 is 1.96 bits per heavy atom. The molecule has 0 spiro atoms. The van der Waals surface area contributed by atoms with Crippen LogP contribution in [0.2, 0.25) is 0 Å². The highest BCUT2D eigenvalue weighted by atomic mass is 19.1. The maximum Gasteiger partial charge on any atom is 0.244 e. The van der Waals surface area contributed by atoms with Crippen LogP contribution in [-0.2, 0) is 11.2 Å². The zero-order valence-electron chi connectivity index (χ0n) is 13.3. The number of methoxy groups -OCH3 is 1. The molecule has 0 saturated heterocycles. The molecule has 3 nitrogen and oxygen atoms in total. The molecule has 0 bridgehead atoms. The predicted molar refractivity (Wildman–Crippen MR) is 89.9 cm³/mol. The maximum atomic E-state index is 12.8. The van der Waals surface area contributed by atoms with E-state index in [2.05, 4.69) is 5.32 Å². The van der Waals surface area contributed by atoms with E-state index in [-0.39, 0.29) is 11.7 Å². The van der Waals surface area contributed by atoms with Crippen molar-refractivity contribution in [3.8, 4) is 5.75 Å². The van der Waals surface area contributed by atoms with Crippen molar-refractivity contribution >= 4 is 12.0 Å². The number of rotatable bonds is 6. The second-order valence-electron chi connectivity index (χ2n) is 5.25. The van der Waals surface area contributed by atoms with Gasteiger partial charge in [0.1, 0.15) is 11.6 Å². The van der Waals surface area contributed by atoms with Gasteiger partial charge in [0.2, 0.25) is 5.91 Å². The van der Waals surface area contributed by atoms with Crippen LogP contribution >= 0.6 is 0 Å². The lowest BCUT2D eigenvalue weighted by molar-refractivity contribution is -0.116. The molecule has 1 N–H and O–H groups in total. The van der Waals surface area contributed by atoms with Gasteiger partial charge in [0.05, 0.1) is 7.11 Å². The summed E-state index contributed by atoms with van der Waals surface area (Å²) >= 11 is 0. The van der Waals surface area contributed by atoms with Crippen LogP contribution in [0.1, 0.15) is 16.7 Å². The summed E-state index contributed by atoms with van der Waals surface area (Å²) < 4.78 is 18.1. The third kappa shape index (κ3) is 5.25. The molecule has 0 aromatic heterocycles. The van der Waals surface area contributed by atoms with Crippen LogP contribution in [0, 0.1) is 12.7 Å². The number of hydrogen-bond donors (Lipinski definition) is 1. The van der Waals surface area contributed by atoms with Crippen molar-refractivity contribution in [3.05, 3.63) is 71.0 Å². The number of benzene rings is 2. The zero-order valence-corrected chi connectivity index (χ0v) is 13.3. The van der Waals surface area contributed by atoms with E-state index in [0.29, 0.717) is 13.0 Å². The molecule has 0 heterocycles. The number of carbonyl (C=O) groups excluding carboxylic acids is 1. The normalized spacial score (nSPS) is 10.7. The number of ether oxygens (including phenoxy) is 1. The Balaban J connectivity index is 1.87. The highest BCUT2D eigenvalue weighted by molar-refractivity contribution is 5.92. The molecule has 0 unspecified atom stereocenters. The molecule has 2 aromatic carbocycles. The minimum atomic E-state index is -0.257. The van der Waals surface area contributed by atoms with Crippen molar-refractivity contribution in [1.29, 1.82) is 0 Å². The molecular weight excluding hydrogens is 293 g/mol. The number of amides is 1. The van der Waals surface area contributed by atoms with Crippen molar-refractivity contribution < 1.29 is 13.9 Å². The minimum absolute atomic E-state index is 0.171. The largest absolute Gasteiger partial charge is 0.496 e. The Kier molecular flexibility index (Phi) is 5.92. The molecule has 0 aliphatic rings. The predicted octanol–water partition coefficient (Wildman–Crippen LogP) is 3.51. The van der Waals surface area contributed by atoms with Crippen molar-refractivity contribution in [2.75, 3.05) is 13.7 Å². The quantitative estimate of drug-likeness (QED) is 0.829. The fourth-order valence-corrected chi connectivity index (χ4v) is 2.19. The fourth-order valence-electron chi connectivity index (χ4n) is 2.19. The van der Waals surface area contributed by atoms with Crippen LogP contribution in [0.25, 0.3) is 6.08 Å². The third-order valence-electron chi connectivity index (χ3n) is 3.43. The van der Waals surface area contributed by atoms with Gasteiger partial charge in [-0.15, -0.1) is 0 Å². The number of halogens is 1. The second-order valence-corrected chi connectivity index (χ2v) is 5.25. The zero-order chi connectivity index (χ0) is 16.7. The van der Waals surface area contributed by atoms with E-state index in [9.17, 15) is 9.18 Å². The molecule has 0 aliphatic heterocycles. The van der Waals surface area contributed by atoms with E-state index >= 15 is 0 Å². The first kappa shape index (κ1) is 16.7. The average molecular weight is 313 g/mol. The van der Waals surface area contributed by atoms with E-state index in [0.717, 1.165) is 22.4 Å². The summed E-state index contributed by atoms with van der Waals surface area (Å²) in [6.07, 6.45) is 3.88. The molecule has 120 valence electrons. The Hall–Kier alpha value is -2.62. The van der Waals surface area contributed by atoms with Crippen molar-refractivity contribution in [2.45, 2.75) is 13.3 Å². The first-order chi connectivity index (χ1) is 11.1. The number of nitrogens with one attached hydrogen (secondary N) is 1. The van der Waals surface area contributed by atoms with Crippen molar-refractivity contribution in [1.82, 2.24) is 5.32 Å². The van der Waals surface area contributed by atoms with Crippen LogP contribution in [0.3, 0.4) is 0 Å². The van der Waals surface area contributed by atoms with Crippen LogP contribution in [0.15, 0.2) is 48.5 Å². The lowest BCUT2D eigenvalue weighted by Gasteiger charge is -2.06. The standard InChI is InChI=1S/C19H20FNO2/c1-14-3-9-18(23-2)16(13-14)6-10-19(22)21-12-11-15-4-7-17(20)8-5-15/h3-10,13H,11-12H2,1-2H3,(H,21,22)/b10-6+. The second kappa shape index (κ2) is 8.13. The van der Waals surface area contributed by atoms with Crippen LogP contribution in [0.5, 0.6) is 5.75 Å². The van der Waals surface area contributed by atoms with Gasteiger partial charge in [0, 0.05) is 18.2 Å². The number of carbonyl (C=O) groups is 1. The molecule has 0 fully saturated rings. The van der Waals surface area contributed by atoms with Gasteiger partial charge in [-0.05, 0) is 49.2 Å². The highest BCUT2D eigenvalue weighted by Gasteiger charge is 2.01. The van der Waals surface area contributed by atoms with E-state index in [4.69, 9.17) is 4.74 Å². The Labute approximate surface area is 135 Å². The van der Waals surface area contributed by atoms with Crippen LogP contribution < -0.4 is 10.1 Å². The van der Waals surface area contributed by atoms with Gasteiger partial charge in [0.15, 0.2) is 0 Å². The summed E-state index contributed by atoms with van der Waals surface area (Å²) in [6.45, 7) is 2.49. The molecule has 0 atom stereocenters. The molecule has 23 heavy (non-hydrogen) atoms.